The maximum Gasteiger partial charge on any atom is 0.335 e. The minimum absolute atomic E-state index is 0.0386. The Morgan fingerprint density at radius 2 is 2.16 bits per heavy atom. The summed E-state index contributed by atoms with van der Waals surface area (Å²) in [5, 5.41) is 17.4. The third kappa shape index (κ3) is 3.77. The first kappa shape index (κ1) is 15.1. The van der Waals surface area contributed by atoms with Crippen LogP contribution in [-0.2, 0) is 10.0 Å². The maximum absolute atomic E-state index is 12.1. The first-order valence-corrected chi connectivity index (χ1v) is 6.99. The summed E-state index contributed by atoms with van der Waals surface area (Å²) in [7, 11) is -3.83. The van der Waals surface area contributed by atoms with Gasteiger partial charge in [-0.3, -0.25) is 0 Å². The van der Waals surface area contributed by atoms with Crippen LogP contribution < -0.4 is 4.72 Å². The summed E-state index contributed by atoms with van der Waals surface area (Å²) in [6.45, 7) is 3.15. The summed E-state index contributed by atoms with van der Waals surface area (Å²) in [5.41, 5.74) is 0.348. The molecule has 0 bridgehead atoms. The molecular formula is C12H14N2O4S. The number of benzene rings is 1. The first-order chi connectivity index (χ1) is 8.77. The summed E-state index contributed by atoms with van der Waals surface area (Å²) >= 11 is 0. The Morgan fingerprint density at radius 3 is 2.68 bits per heavy atom. The summed E-state index contributed by atoms with van der Waals surface area (Å²) in [5.74, 6) is -1.19. The molecule has 0 fully saturated rings. The van der Waals surface area contributed by atoms with Gasteiger partial charge in [0.05, 0.1) is 22.9 Å². The number of hydrogen-bond donors (Lipinski definition) is 2. The molecular weight excluding hydrogens is 268 g/mol. The number of carboxylic acids is 1. The molecule has 0 saturated heterocycles. The molecule has 1 aromatic rings. The van der Waals surface area contributed by atoms with E-state index in [0.717, 1.165) is 6.07 Å². The van der Waals surface area contributed by atoms with Gasteiger partial charge in [0.1, 0.15) is 0 Å². The second-order valence-corrected chi connectivity index (χ2v) is 5.85. The minimum Gasteiger partial charge on any atom is -0.478 e. The number of aromatic carboxylic acids is 1. The van der Waals surface area contributed by atoms with Crippen molar-refractivity contribution in [3.63, 3.8) is 0 Å². The van der Waals surface area contributed by atoms with E-state index in [0.29, 0.717) is 5.56 Å². The molecule has 102 valence electrons. The Kier molecular flexibility index (Phi) is 4.64. The number of carboxylic acid groups (broad SMARTS) is 1. The molecule has 1 aromatic carbocycles. The highest BCUT2D eigenvalue weighted by Crippen LogP contribution is 2.17. The molecule has 0 aliphatic rings. The van der Waals surface area contributed by atoms with Crippen molar-refractivity contribution in [2.45, 2.75) is 31.2 Å². The molecule has 0 aromatic heterocycles. The van der Waals surface area contributed by atoms with E-state index in [1.54, 1.807) is 13.8 Å². The van der Waals surface area contributed by atoms with Gasteiger partial charge in [-0.2, -0.15) is 5.26 Å². The van der Waals surface area contributed by atoms with E-state index in [1.807, 2.05) is 6.07 Å². The van der Waals surface area contributed by atoms with Crippen LogP contribution in [0.4, 0.5) is 0 Å². The molecule has 1 atom stereocenters. The summed E-state index contributed by atoms with van der Waals surface area (Å²) < 4.78 is 26.5. The highest BCUT2D eigenvalue weighted by molar-refractivity contribution is 7.89. The van der Waals surface area contributed by atoms with Gasteiger partial charge >= 0.3 is 5.97 Å². The molecule has 6 nitrogen and oxygen atoms in total. The number of rotatable bonds is 5. The largest absolute Gasteiger partial charge is 0.478 e. The van der Waals surface area contributed by atoms with Crippen LogP contribution in [0.15, 0.2) is 23.1 Å². The van der Waals surface area contributed by atoms with E-state index < -0.39 is 22.0 Å². The Hall–Kier alpha value is -1.91. The summed E-state index contributed by atoms with van der Waals surface area (Å²) in [6, 6.07) is 5.22. The molecule has 0 radical (unpaired) electrons. The fourth-order valence-corrected chi connectivity index (χ4v) is 3.04. The lowest BCUT2D eigenvalue weighted by Crippen LogP contribution is -2.32. The quantitative estimate of drug-likeness (QED) is 0.845. The van der Waals surface area contributed by atoms with Crippen molar-refractivity contribution in [2.75, 3.05) is 0 Å². The van der Waals surface area contributed by atoms with Crippen molar-refractivity contribution in [1.82, 2.24) is 4.72 Å². The van der Waals surface area contributed by atoms with Gasteiger partial charge in [-0.25, -0.2) is 17.9 Å². The second-order valence-electron chi connectivity index (χ2n) is 4.17. The fraction of sp³-hybridized carbons (Fsp3) is 0.333. The zero-order valence-electron chi connectivity index (χ0n) is 10.5. The first-order valence-electron chi connectivity index (χ1n) is 5.51. The van der Waals surface area contributed by atoms with Gasteiger partial charge in [-0.15, -0.1) is 0 Å². The van der Waals surface area contributed by atoms with Crippen molar-refractivity contribution in [1.29, 1.82) is 5.26 Å². The van der Waals surface area contributed by atoms with Gasteiger partial charge in [0.15, 0.2) is 0 Å². The fourth-order valence-electron chi connectivity index (χ4n) is 1.53. The lowest BCUT2D eigenvalue weighted by atomic mass is 10.1. The Bertz CT molecular complexity index is 632. The number of nitrogens with one attached hydrogen (secondary N) is 1. The Morgan fingerprint density at radius 1 is 1.53 bits per heavy atom. The number of aryl methyl sites for hydroxylation is 1. The zero-order chi connectivity index (χ0) is 14.6. The number of hydrogen-bond acceptors (Lipinski definition) is 4. The molecule has 0 amide bonds. The average Bonchev–Trinajstić information content (AvgIpc) is 2.28. The average molecular weight is 282 g/mol. The highest BCUT2D eigenvalue weighted by atomic mass is 32.2. The van der Waals surface area contributed by atoms with E-state index >= 15 is 0 Å². The van der Waals surface area contributed by atoms with Gasteiger partial charge < -0.3 is 5.11 Å². The van der Waals surface area contributed by atoms with Gasteiger partial charge in [0.2, 0.25) is 10.0 Å². The monoisotopic (exact) mass is 282 g/mol. The molecule has 0 spiro atoms. The van der Waals surface area contributed by atoms with Crippen LogP contribution in [0, 0.1) is 18.3 Å². The van der Waals surface area contributed by atoms with Crippen LogP contribution in [0.1, 0.15) is 29.3 Å². The van der Waals surface area contributed by atoms with Crippen molar-refractivity contribution in [3.05, 3.63) is 29.3 Å². The standard InChI is InChI=1S/C12H14N2O4S/c1-8-3-4-10(12(15)16)7-11(8)19(17,18)14-9(2)5-6-13/h3-4,7,9,14H,5H2,1-2H3,(H,15,16). The molecule has 0 heterocycles. The van der Waals surface area contributed by atoms with Crippen LogP contribution in [0.2, 0.25) is 0 Å². The van der Waals surface area contributed by atoms with Crippen molar-refractivity contribution in [2.24, 2.45) is 0 Å². The van der Waals surface area contributed by atoms with E-state index in [4.69, 9.17) is 10.4 Å². The molecule has 7 heteroatoms. The third-order valence-electron chi connectivity index (χ3n) is 2.48. The maximum atomic E-state index is 12.1. The Labute approximate surface area is 111 Å². The van der Waals surface area contributed by atoms with Gasteiger partial charge in [-0.1, -0.05) is 6.07 Å². The van der Waals surface area contributed by atoms with Crippen LogP contribution in [-0.4, -0.2) is 25.5 Å². The van der Waals surface area contributed by atoms with E-state index in [2.05, 4.69) is 4.72 Å². The number of nitriles is 1. The van der Waals surface area contributed by atoms with Crippen LogP contribution in [0.25, 0.3) is 0 Å². The van der Waals surface area contributed by atoms with Crippen molar-refractivity contribution >= 4 is 16.0 Å². The molecule has 1 unspecified atom stereocenters. The molecule has 0 aliphatic carbocycles. The SMILES string of the molecule is Cc1ccc(C(=O)O)cc1S(=O)(=O)NC(C)CC#N. The van der Waals surface area contributed by atoms with Crippen LogP contribution >= 0.6 is 0 Å². The molecule has 1 rings (SSSR count). The number of nitrogens with zero attached hydrogens (tertiary/aromatic N) is 1. The molecule has 0 aliphatic heterocycles. The van der Waals surface area contributed by atoms with Gasteiger partial charge in [0, 0.05) is 6.04 Å². The lowest BCUT2D eigenvalue weighted by molar-refractivity contribution is 0.0696. The lowest BCUT2D eigenvalue weighted by Gasteiger charge is -2.13. The number of carbonyl (C=O) groups is 1. The zero-order valence-corrected chi connectivity index (χ0v) is 11.4. The normalized spacial score (nSPS) is 12.7. The topological polar surface area (TPSA) is 107 Å². The minimum atomic E-state index is -3.83. The van der Waals surface area contributed by atoms with Crippen molar-refractivity contribution in [3.8, 4) is 6.07 Å². The van der Waals surface area contributed by atoms with E-state index in [9.17, 15) is 13.2 Å². The number of sulfonamides is 1. The summed E-state index contributed by atoms with van der Waals surface area (Å²) in [6.07, 6.45) is 0.0386. The van der Waals surface area contributed by atoms with Crippen LogP contribution in [0.5, 0.6) is 0 Å². The van der Waals surface area contributed by atoms with Crippen LogP contribution in [0.3, 0.4) is 0 Å². The second kappa shape index (κ2) is 5.82. The molecule has 2 N–H and O–H groups in total. The smallest absolute Gasteiger partial charge is 0.335 e. The molecule has 19 heavy (non-hydrogen) atoms. The highest BCUT2D eigenvalue weighted by Gasteiger charge is 2.21. The van der Waals surface area contributed by atoms with Gasteiger partial charge in [-0.05, 0) is 31.5 Å². The van der Waals surface area contributed by atoms with Gasteiger partial charge in [0.25, 0.3) is 0 Å². The summed E-state index contributed by atoms with van der Waals surface area (Å²) in [4.78, 5) is 10.8. The molecule has 0 saturated carbocycles. The predicted molar refractivity (Wildman–Crippen MR) is 68.2 cm³/mol. The third-order valence-corrected chi connectivity index (χ3v) is 4.21. The van der Waals surface area contributed by atoms with E-state index in [1.165, 1.54) is 12.1 Å². The predicted octanol–water partition coefficient (Wildman–Crippen LogP) is 1.27. The Balaban J connectivity index is 3.18. The van der Waals surface area contributed by atoms with Crippen molar-refractivity contribution < 1.29 is 18.3 Å². The van der Waals surface area contributed by atoms with E-state index in [-0.39, 0.29) is 16.9 Å².